The van der Waals surface area contributed by atoms with Crippen LogP contribution in [0.15, 0.2) is 55.2 Å². The van der Waals surface area contributed by atoms with E-state index >= 15 is 0 Å². The van der Waals surface area contributed by atoms with Gasteiger partial charge in [-0.3, -0.25) is 9.36 Å². The van der Waals surface area contributed by atoms with Crippen molar-refractivity contribution in [3.05, 3.63) is 66.4 Å². The van der Waals surface area contributed by atoms with E-state index in [0.29, 0.717) is 11.4 Å². The number of rotatable bonds is 3. The number of amides is 1. The van der Waals surface area contributed by atoms with E-state index in [0.717, 1.165) is 11.3 Å². The van der Waals surface area contributed by atoms with Gasteiger partial charge in [0.25, 0.3) is 5.91 Å². The second-order valence-corrected chi connectivity index (χ2v) is 4.59. The Kier molecular flexibility index (Phi) is 5.57. The van der Waals surface area contributed by atoms with E-state index in [1.165, 1.54) is 12.7 Å². The number of benzene rings is 1. The number of carbonyl (C=O) groups is 1. The van der Waals surface area contributed by atoms with E-state index in [-0.39, 0.29) is 7.33 Å². The zero-order valence-electron chi connectivity index (χ0n) is 13.4. The number of anilines is 1. The van der Waals surface area contributed by atoms with Crippen molar-refractivity contribution in [2.24, 2.45) is 0 Å². The average Bonchev–Trinajstić information content (AvgIpc) is 3.13. The van der Waals surface area contributed by atoms with E-state index in [1.54, 1.807) is 22.9 Å². The number of aryl methyl sites for hydroxylation is 1. The van der Waals surface area contributed by atoms with Crippen LogP contribution in [0.2, 0.25) is 0 Å². The Morgan fingerprint density at radius 3 is 2.39 bits per heavy atom. The van der Waals surface area contributed by atoms with E-state index in [1.807, 2.05) is 45.0 Å². The predicted octanol–water partition coefficient (Wildman–Crippen LogP) is 3.50. The van der Waals surface area contributed by atoms with E-state index in [2.05, 4.69) is 20.5 Å². The molecule has 0 unspecified atom stereocenters. The molecule has 0 aliphatic rings. The monoisotopic (exact) mass is 311 g/mol. The van der Waals surface area contributed by atoms with Crippen LogP contribution in [0, 0.1) is 6.92 Å². The molecular weight excluding hydrogens is 290 g/mol. The van der Waals surface area contributed by atoms with Gasteiger partial charge in [-0.05, 0) is 31.2 Å². The molecule has 3 rings (SSSR count). The third-order valence-electron chi connectivity index (χ3n) is 3.00. The van der Waals surface area contributed by atoms with E-state index in [4.69, 9.17) is 0 Å². The number of hydrogen-bond acceptors (Lipinski definition) is 4. The van der Waals surface area contributed by atoms with Crippen molar-refractivity contribution in [3.63, 3.8) is 0 Å². The molecule has 1 N–H and O–H groups in total. The molecule has 1 amide bonds. The number of nitrogens with zero attached hydrogens (tertiary/aromatic N) is 4. The summed E-state index contributed by atoms with van der Waals surface area (Å²) < 4.78 is 1.64. The summed E-state index contributed by atoms with van der Waals surface area (Å²) in [5.74, 6) is 0.409. The van der Waals surface area contributed by atoms with Crippen molar-refractivity contribution >= 4 is 11.6 Å². The molecule has 23 heavy (non-hydrogen) atoms. The van der Waals surface area contributed by atoms with Crippen molar-refractivity contribution in [1.82, 2.24) is 19.7 Å². The molecular formula is C17H21N5O. The number of hydrogen-bond donors (Lipinski definition) is 1. The standard InChI is InChI=1S/C15H13N5O.C2H6.H2/c1-11-2-4-13(5-3-11)19-15(21)12-6-7-16-14(8-12)20-9-17-18-10-20;1-2;/h2-10H,1H3,(H,19,21);1-2H3;1H. The first-order chi connectivity index (χ1) is 11.2. The Balaban J connectivity index is 0.000000925. The van der Waals surface area contributed by atoms with Crippen molar-refractivity contribution in [3.8, 4) is 5.82 Å². The quantitative estimate of drug-likeness (QED) is 0.803. The van der Waals surface area contributed by atoms with Gasteiger partial charge in [0.05, 0.1) is 0 Å². The molecule has 6 heteroatoms. The van der Waals surface area contributed by atoms with Crippen molar-refractivity contribution in [2.75, 3.05) is 5.32 Å². The maximum atomic E-state index is 12.2. The zero-order chi connectivity index (χ0) is 16.7. The third kappa shape index (κ3) is 4.23. The Morgan fingerprint density at radius 1 is 1.09 bits per heavy atom. The molecule has 0 atom stereocenters. The van der Waals surface area contributed by atoms with Crippen LogP contribution in [0.4, 0.5) is 5.69 Å². The maximum Gasteiger partial charge on any atom is 0.255 e. The number of nitrogens with one attached hydrogen (secondary N) is 1. The molecule has 120 valence electrons. The summed E-state index contributed by atoms with van der Waals surface area (Å²) in [7, 11) is 0. The van der Waals surface area contributed by atoms with Gasteiger partial charge in [0.15, 0.2) is 0 Å². The lowest BCUT2D eigenvalue weighted by Crippen LogP contribution is -2.12. The fourth-order valence-corrected chi connectivity index (χ4v) is 1.86. The SMILES string of the molecule is CC.Cc1ccc(NC(=O)c2ccnc(-n3cnnc3)c2)cc1.[HH]. The molecule has 0 radical (unpaired) electrons. The molecule has 0 bridgehead atoms. The largest absolute Gasteiger partial charge is 0.322 e. The maximum absolute atomic E-state index is 12.2. The molecule has 0 spiro atoms. The molecule has 2 heterocycles. The molecule has 3 aromatic rings. The molecule has 0 aliphatic carbocycles. The average molecular weight is 311 g/mol. The first-order valence-electron chi connectivity index (χ1n) is 7.41. The molecule has 0 saturated carbocycles. The van der Waals surface area contributed by atoms with E-state index < -0.39 is 0 Å². The molecule has 2 aromatic heterocycles. The van der Waals surface area contributed by atoms with Crippen molar-refractivity contribution in [2.45, 2.75) is 20.8 Å². The molecule has 0 saturated heterocycles. The van der Waals surface area contributed by atoms with Crippen LogP contribution < -0.4 is 5.32 Å². The highest BCUT2D eigenvalue weighted by atomic mass is 16.1. The lowest BCUT2D eigenvalue weighted by molar-refractivity contribution is 0.102. The summed E-state index contributed by atoms with van der Waals surface area (Å²) in [6, 6.07) is 11.0. The molecule has 1 aromatic carbocycles. The highest BCUT2D eigenvalue weighted by molar-refractivity contribution is 6.04. The number of pyridine rings is 1. The minimum atomic E-state index is -0.185. The Hall–Kier alpha value is -3.02. The number of carbonyl (C=O) groups excluding carboxylic acids is 1. The summed E-state index contributed by atoms with van der Waals surface area (Å²) >= 11 is 0. The van der Waals surface area contributed by atoms with Gasteiger partial charge in [0.2, 0.25) is 0 Å². The Labute approximate surface area is 136 Å². The lowest BCUT2D eigenvalue weighted by atomic mass is 10.2. The summed E-state index contributed by atoms with van der Waals surface area (Å²) in [6.45, 7) is 6.00. The summed E-state index contributed by atoms with van der Waals surface area (Å²) in [4.78, 5) is 16.4. The van der Waals surface area contributed by atoms with E-state index in [9.17, 15) is 4.79 Å². The van der Waals surface area contributed by atoms with Gasteiger partial charge in [-0.15, -0.1) is 10.2 Å². The van der Waals surface area contributed by atoms with Crippen LogP contribution in [0.1, 0.15) is 31.2 Å². The van der Waals surface area contributed by atoms with Gasteiger partial charge < -0.3 is 5.32 Å². The van der Waals surface area contributed by atoms with Gasteiger partial charge in [-0.25, -0.2) is 4.98 Å². The van der Waals surface area contributed by atoms with Crippen LogP contribution >= 0.6 is 0 Å². The van der Waals surface area contributed by atoms with Crippen LogP contribution in [0.25, 0.3) is 5.82 Å². The Bertz CT molecular complexity index is 757. The Morgan fingerprint density at radius 2 is 1.74 bits per heavy atom. The zero-order valence-corrected chi connectivity index (χ0v) is 13.4. The second-order valence-electron chi connectivity index (χ2n) is 4.59. The van der Waals surface area contributed by atoms with Gasteiger partial charge in [-0.2, -0.15) is 0 Å². The van der Waals surface area contributed by atoms with Crippen molar-refractivity contribution in [1.29, 1.82) is 0 Å². The molecule has 6 nitrogen and oxygen atoms in total. The normalized spacial score (nSPS) is 9.70. The van der Waals surface area contributed by atoms with Crippen LogP contribution in [0.3, 0.4) is 0 Å². The van der Waals surface area contributed by atoms with Crippen LogP contribution in [-0.2, 0) is 0 Å². The van der Waals surface area contributed by atoms with Gasteiger partial charge in [0, 0.05) is 18.9 Å². The first-order valence-corrected chi connectivity index (χ1v) is 7.41. The molecule has 0 fully saturated rings. The fraction of sp³-hybridized carbons (Fsp3) is 0.176. The predicted molar refractivity (Wildman–Crippen MR) is 91.7 cm³/mol. The van der Waals surface area contributed by atoms with Gasteiger partial charge in [-0.1, -0.05) is 31.5 Å². The van der Waals surface area contributed by atoms with Crippen molar-refractivity contribution < 1.29 is 6.22 Å². The summed E-state index contributed by atoms with van der Waals surface area (Å²) in [6.07, 6.45) is 4.65. The van der Waals surface area contributed by atoms with Crippen LogP contribution in [0.5, 0.6) is 0 Å². The summed E-state index contributed by atoms with van der Waals surface area (Å²) in [5, 5.41) is 10.3. The highest BCUT2D eigenvalue weighted by Crippen LogP contribution is 2.12. The number of aromatic nitrogens is 4. The third-order valence-corrected chi connectivity index (χ3v) is 3.00. The van der Waals surface area contributed by atoms with Gasteiger partial charge >= 0.3 is 0 Å². The minimum absolute atomic E-state index is 0. The van der Waals surface area contributed by atoms with Crippen LogP contribution in [-0.4, -0.2) is 25.7 Å². The first kappa shape index (κ1) is 16.4. The smallest absolute Gasteiger partial charge is 0.255 e. The topological polar surface area (TPSA) is 72.7 Å². The fourth-order valence-electron chi connectivity index (χ4n) is 1.86. The van der Waals surface area contributed by atoms with Gasteiger partial charge in [0.1, 0.15) is 18.5 Å². The molecule has 0 aliphatic heterocycles. The minimum Gasteiger partial charge on any atom is -0.322 e. The summed E-state index contributed by atoms with van der Waals surface area (Å²) in [5.41, 5.74) is 2.43. The lowest BCUT2D eigenvalue weighted by Gasteiger charge is -2.07. The highest BCUT2D eigenvalue weighted by Gasteiger charge is 2.08. The second kappa shape index (κ2) is 7.84.